The Morgan fingerprint density at radius 1 is 1.13 bits per heavy atom. The van der Waals surface area contributed by atoms with Crippen molar-refractivity contribution in [3.05, 3.63) is 64.1 Å². The van der Waals surface area contributed by atoms with Crippen LogP contribution in [0.5, 0.6) is 5.75 Å². The zero-order valence-corrected chi connectivity index (χ0v) is 14.6. The second-order valence-corrected chi connectivity index (χ2v) is 6.31. The van der Waals surface area contributed by atoms with Crippen LogP contribution in [0.15, 0.2) is 48.5 Å². The number of hydrogen-bond acceptors (Lipinski definition) is 2. The van der Waals surface area contributed by atoms with Crippen molar-refractivity contribution in [1.82, 2.24) is 4.90 Å². The summed E-state index contributed by atoms with van der Waals surface area (Å²) in [5, 5.41) is 0.922. The van der Waals surface area contributed by atoms with E-state index in [0.29, 0.717) is 22.3 Å². The van der Waals surface area contributed by atoms with E-state index in [4.69, 9.17) is 27.9 Å². The van der Waals surface area contributed by atoms with Gasteiger partial charge < -0.3 is 9.64 Å². The molecule has 0 spiro atoms. The molecule has 0 radical (unpaired) electrons. The summed E-state index contributed by atoms with van der Waals surface area (Å²) in [7, 11) is 0. The Hall–Kier alpha value is -1.71. The van der Waals surface area contributed by atoms with Gasteiger partial charge in [0.05, 0.1) is 5.02 Å². The maximum Gasteiger partial charge on any atom is 0.261 e. The van der Waals surface area contributed by atoms with Crippen molar-refractivity contribution in [2.75, 3.05) is 6.61 Å². The van der Waals surface area contributed by atoms with E-state index in [1.54, 1.807) is 23.1 Å². The molecule has 0 aromatic heterocycles. The molecule has 122 valence electrons. The van der Waals surface area contributed by atoms with Gasteiger partial charge in [0, 0.05) is 17.6 Å². The average Bonchev–Trinajstić information content (AvgIpc) is 2.52. The van der Waals surface area contributed by atoms with Crippen molar-refractivity contribution in [3.8, 4) is 5.75 Å². The second-order valence-electron chi connectivity index (χ2n) is 5.46. The van der Waals surface area contributed by atoms with Gasteiger partial charge in [-0.05, 0) is 37.6 Å². The molecule has 0 unspecified atom stereocenters. The van der Waals surface area contributed by atoms with Gasteiger partial charge in [-0.2, -0.15) is 0 Å². The molecule has 0 bridgehead atoms. The van der Waals surface area contributed by atoms with Gasteiger partial charge in [-0.1, -0.05) is 53.5 Å². The number of rotatable bonds is 6. The minimum Gasteiger partial charge on any atom is -0.482 e. The van der Waals surface area contributed by atoms with Gasteiger partial charge in [0.15, 0.2) is 6.61 Å². The lowest BCUT2D eigenvalue weighted by atomic mass is 10.2. The first-order valence-electron chi connectivity index (χ1n) is 7.38. The Bertz CT molecular complexity index is 659. The fourth-order valence-electron chi connectivity index (χ4n) is 2.15. The van der Waals surface area contributed by atoms with Gasteiger partial charge in [0.2, 0.25) is 0 Å². The quantitative estimate of drug-likeness (QED) is 0.747. The summed E-state index contributed by atoms with van der Waals surface area (Å²) in [6.45, 7) is 4.45. The molecule has 2 aromatic carbocycles. The minimum atomic E-state index is -0.0881. The van der Waals surface area contributed by atoms with E-state index in [-0.39, 0.29) is 18.6 Å². The van der Waals surface area contributed by atoms with Crippen LogP contribution in [0.3, 0.4) is 0 Å². The average molecular weight is 352 g/mol. The Morgan fingerprint density at radius 2 is 1.83 bits per heavy atom. The topological polar surface area (TPSA) is 29.5 Å². The summed E-state index contributed by atoms with van der Waals surface area (Å²) in [6, 6.07) is 14.9. The third kappa shape index (κ3) is 5.15. The Morgan fingerprint density at radius 3 is 2.43 bits per heavy atom. The molecular weight excluding hydrogens is 333 g/mol. The van der Waals surface area contributed by atoms with E-state index in [9.17, 15) is 4.79 Å². The van der Waals surface area contributed by atoms with E-state index >= 15 is 0 Å². The molecule has 3 nitrogen and oxygen atoms in total. The van der Waals surface area contributed by atoms with Crippen LogP contribution in [0.2, 0.25) is 10.0 Å². The van der Waals surface area contributed by atoms with Gasteiger partial charge in [-0.15, -0.1) is 0 Å². The number of carbonyl (C=O) groups is 1. The largest absolute Gasteiger partial charge is 0.482 e. The van der Waals surface area contributed by atoms with Crippen LogP contribution in [0.25, 0.3) is 0 Å². The molecule has 0 saturated heterocycles. The van der Waals surface area contributed by atoms with Crippen LogP contribution in [0.4, 0.5) is 0 Å². The molecule has 0 aliphatic rings. The van der Waals surface area contributed by atoms with Crippen molar-refractivity contribution >= 4 is 29.1 Å². The Labute approximate surface area is 146 Å². The zero-order chi connectivity index (χ0) is 16.8. The first-order valence-corrected chi connectivity index (χ1v) is 8.14. The molecule has 23 heavy (non-hydrogen) atoms. The molecule has 1 amide bonds. The van der Waals surface area contributed by atoms with E-state index in [1.807, 2.05) is 44.2 Å². The summed E-state index contributed by atoms with van der Waals surface area (Å²) >= 11 is 11.9. The van der Waals surface area contributed by atoms with Crippen molar-refractivity contribution in [2.24, 2.45) is 0 Å². The molecule has 2 rings (SSSR count). The lowest BCUT2D eigenvalue weighted by Crippen LogP contribution is -2.39. The summed E-state index contributed by atoms with van der Waals surface area (Å²) in [5.41, 5.74) is 1.08. The molecule has 0 N–H and O–H groups in total. The highest BCUT2D eigenvalue weighted by Gasteiger charge is 2.18. The van der Waals surface area contributed by atoms with Crippen LogP contribution >= 0.6 is 23.2 Å². The summed E-state index contributed by atoms with van der Waals surface area (Å²) in [4.78, 5) is 14.2. The summed E-state index contributed by atoms with van der Waals surface area (Å²) < 4.78 is 5.54. The van der Waals surface area contributed by atoms with Crippen molar-refractivity contribution in [2.45, 2.75) is 26.4 Å². The van der Waals surface area contributed by atoms with Crippen LogP contribution in [-0.2, 0) is 11.3 Å². The van der Waals surface area contributed by atoms with Crippen molar-refractivity contribution in [1.29, 1.82) is 0 Å². The van der Waals surface area contributed by atoms with Gasteiger partial charge in [0.1, 0.15) is 5.75 Å². The first-order chi connectivity index (χ1) is 11.0. The predicted molar refractivity (Wildman–Crippen MR) is 94.1 cm³/mol. The predicted octanol–water partition coefficient (Wildman–Crippen LogP) is 4.81. The van der Waals surface area contributed by atoms with Crippen molar-refractivity contribution in [3.63, 3.8) is 0 Å². The van der Waals surface area contributed by atoms with E-state index in [1.165, 1.54) is 0 Å². The third-order valence-corrected chi connectivity index (χ3v) is 3.91. The highest BCUT2D eigenvalue weighted by Crippen LogP contribution is 2.27. The molecule has 5 heteroatoms. The fourth-order valence-corrected chi connectivity index (χ4v) is 2.62. The summed E-state index contributed by atoms with van der Waals surface area (Å²) in [6.07, 6.45) is 0. The number of hydrogen-bond donors (Lipinski definition) is 0. The molecule has 0 fully saturated rings. The van der Waals surface area contributed by atoms with Crippen LogP contribution < -0.4 is 4.74 Å². The zero-order valence-electron chi connectivity index (χ0n) is 13.1. The van der Waals surface area contributed by atoms with Crippen LogP contribution in [-0.4, -0.2) is 23.5 Å². The number of amides is 1. The van der Waals surface area contributed by atoms with Crippen LogP contribution in [0, 0.1) is 0 Å². The number of halogens is 2. The normalized spacial score (nSPS) is 10.7. The standard InChI is InChI=1S/C18H19Cl2NO2/c1-13(2)21(11-14-6-4-3-5-7-14)18(22)12-23-17-9-8-15(19)10-16(17)20/h3-10,13H,11-12H2,1-2H3. The molecule has 0 saturated carbocycles. The molecule has 0 heterocycles. The van der Waals surface area contributed by atoms with E-state index in [0.717, 1.165) is 5.56 Å². The number of carbonyl (C=O) groups excluding carboxylic acids is 1. The lowest BCUT2D eigenvalue weighted by Gasteiger charge is -2.27. The SMILES string of the molecule is CC(C)N(Cc1ccccc1)C(=O)COc1ccc(Cl)cc1Cl. The third-order valence-electron chi connectivity index (χ3n) is 3.38. The molecule has 0 aliphatic carbocycles. The second kappa shape index (κ2) is 8.23. The molecule has 2 aromatic rings. The van der Waals surface area contributed by atoms with E-state index < -0.39 is 0 Å². The molecule has 0 aliphatic heterocycles. The number of ether oxygens (including phenoxy) is 1. The van der Waals surface area contributed by atoms with Gasteiger partial charge in [0.25, 0.3) is 5.91 Å². The molecular formula is C18H19Cl2NO2. The molecule has 0 atom stereocenters. The highest BCUT2D eigenvalue weighted by atomic mass is 35.5. The maximum atomic E-state index is 12.5. The Balaban J connectivity index is 2.01. The number of nitrogens with zero attached hydrogens (tertiary/aromatic N) is 1. The fraction of sp³-hybridized carbons (Fsp3) is 0.278. The maximum absolute atomic E-state index is 12.5. The lowest BCUT2D eigenvalue weighted by molar-refractivity contribution is -0.135. The van der Waals surface area contributed by atoms with Gasteiger partial charge in [-0.3, -0.25) is 4.79 Å². The number of benzene rings is 2. The van der Waals surface area contributed by atoms with Gasteiger partial charge in [-0.25, -0.2) is 0 Å². The highest BCUT2D eigenvalue weighted by molar-refractivity contribution is 6.35. The Kier molecular flexibility index (Phi) is 6.31. The van der Waals surface area contributed by atoms with Crippen LogP contribution in [0.1, 0.15) is 19.4 Å². The smallest absolute Gasteiger partial charge is 0.261 e. The van der Waals surface area contributed by atoms with Crippen molar-refractivity contribution < 1.29 is 9.53 Å². The summed E-state index contributed by atoms with van der Waals surface area (Å²) in [5.74, 6) is 0.364. The first kappa shape index (κ1) is 17.6. The monoisotopic (exact) mass is 351 g/mol. The minimum absolute atomic E-state index is 0.0631. The van der Waals surface area contributed by atoms with E-state index in [2.05, 4.69) is 0 Å². The van der Waals surface area contributed by atoms with Gasteiger partial charge >= 0.3 is 0 Å².